The highest BCUT2D eigenvalue weighted by atomic mass is 32.2. The van der Waals surface area contributed by atoms with Crippen molar-refractivity contribution in [1.29, 1.82) is 0 Å². The van der Waals surface area contributed by atoms with Gasteiger partial charge in [0, 0.05) is 26.7 Å². The Bertz CT molecular complexity index is 305. The van der Waals surface area contributed by atoms with Gasteiger partial charge in [-0.3, -0.25) is 0 Å². The van der Waals surface area contributed by atoms with Crippen molar-refractivity contribution in [1.82, 2.24) is 13.9 Å². The minimum absolute atomic E-state index is 0.454. The number of hydrogen-bond donors (Lipinski definition) is 1. The Morgan fingerprint density at radius 3 is 2.75 bits per heavy atom. The molecular formula is C10H23N3O2S. The largest absolute Gasteiger partial charge is 0.319 e. The highest BCUT2D eigenvalue weighted by Crippen LogP contribution is 2.20. The molecule has 1 aliphatic rings. The zero-order valence-electron chi connectivity index (χ0n) is 10.4. The first-order chi connectivity index (χ1) is 7.52. The third-order valence-corrected chi connectivity index (χ3v) is 4.95. The van der Waals surface area contributed by atoms with Crippen molar-refractivity contribution in [3.8, 4) is 0 Å². The first-order valence-corrected chi connectivity index (χ1v) is 7.28. The third-order valence-electron chi connectivity index (χ3n) is 3.00. The van der Waals surface area contributed by atoms with E-state index in [4.69, 9.17) is 0 Å². The number of hydrogen-bond acceptors (Lipinski definition) is 3. The van der Waals surface area contributed by atoms with E-state index in [1.807, 2.05) is 14.0 Å². The van der Waals surface area contributed by atoms with Crippen molar-refractivity contribution >= 4 is 10.2 Å². The van der Waals surface area contributed by atoms with Crippen LogP contribution in [0.1, 0.15) is 19.8 Å². The van der Waals surface area contributed by atoms with Gasteiger partial charge in [-0.15, -0.1) is 0 Å². The monoisotopic (exact) mass is 249 g/mol. The average molecular weight is 249 g/mol. The molecule has 6 heteroatoms. The molecule has 1 N–H and O–H groups in total. The lowest BCUT2D eigenvalue weighted by Crippen LogP contribution is -2.41. The summed E-state index contributed by atoms with van der Waals surface area (Å²) >= 11 is 0. The fourth-order valence-corrected chi connectivity index (χ4v) is 3.63. The predicted molar refractivity (Wildman–Crippen MR) is 65.4 cm³/mol. The Balaban J connectivity index is 2.58. The van der Waals surface area contributed by atoms with E-state index < -0.39 is 10.2 Å². The van der Waals surface area contributed by atoms with Gasteiger partial charge >= 0.3 is 0 Å². The Labute approximate surface area is 99.0 Å². The summed E-state index contributed by atoms with van der Waals surface area (Å²) in [5.74, 6) is 0.454. The molecule has 1 rings (SSSR count). The highest BCUT2D eigenvalue weighted by molar-refractivity contribution is 7.86. The molecule has 0 aromatic rings. The molecule has 1 heterocycles. The van der Waals surface area contributed by atoms with Gasteiger partial charge in [-0.25, -0.2) is 0 Å². The van der Waals surface area contributed by atoms with Crippen LogP contribution >= 0.6 is 0 Å². The van der Waals surface area contributed by atoms with Crippen molar-refractivity contribution in [2.75, 3.05) is 40.3 Å². The van der Waals surface area contributed by atoms with Crippen LogP contribution in [0.25, 0.3) is 0 Å². The van der Waals surface area contributed by atoms with Crippen molar-refractivity contribution in [2.24, 2.45) is 5.92 Å². The topological polar surface area (TPSA) is 52.7 Å². The van der Waals surface area contributed by atoms with Gasteiger partial charge in [0.1, 0.15) is 0 Å². The summed E-state index contributed by atoms with van der Waals surface area (Å²) in [4.78, 5) is 0. The second-order valence-corrected chi connectivity index (χ2v) is 6.44. The van der Waals surface area contributed by atoms with Crippen LogP contribution < -0.4 is 5.32 Å². The molecule has 0 amide bonds. The molecule has 16 heavy (non-hydrogen) atoms. The van der Waals surface area contributed by atoms with E-state index in [0.29, 0.717) is 25.6 Å². The van der Waals surface area contributed by atoms with Crippen LogP contribution in [0.3, 0.4) is 0 Å². The lowest BCUT2D eigenvalue weighted by molar-refractivity contribution is 0.385. The Kier molecular flexibility index (Phi) is 5.17. The fraction of sp³-hybridized carbons (Fsp3) is 1.00. The maximum Gasteiger partial charge on any atom is 0.281 e. The second kappa shape index (κ2) is 5.95. The zero-order chi connectivity index (χ0) is 12.2. The fourth-order valence-electron chi connectivity index (χ4n) is 2.09. The molecule has 1 fully saturated rings. The van der Waals surface area contributed by atoms with Gasteiger partial charge in [0.05, 0.1) is 0 Å². The van der Waals surface area contributed by atoms with Crippen molar-refractivity contribution in [3.05, 3.63) is 0 Å². The van der Waals surface area contributed by atoms with Crippen molar-refractivity contribution < 1.29 is 8.42 Å². The van der Waals surface area contributed by atoms with E-state index >= 15 is 0 Å². The predicted octanol–water partition coefficient (Wildman–Crippen LogP) is 0.114. The van der Waals surface area contributed by atoms with Crippen LogP contribution in [0.15, 0.2) is 0 Å². The average Bonchev–Trinajstić information content (AvgIpc) is 2.68. The van der Waals surface area contributed by atoms with Crippen LogP contribution in [0.5, 0.6) is 0 Å². The lowest BCUT2D eigenvalue weighted by atomic mass is 10.1. The maximum absolute atomic E-state index is 12.1. The van der Waals surface area contributed by atoms with Gasteiger partial charge in [0.2, 0.25) is 0 Å². The van der Waals surface area contributed by atoms with Crippen molar-refractivity contribution in [2.45, 2.75) is 19.8 Å². The summed E-state index contributed by atoms with van der Waals surface area (Å²) in [6.45, 7) is 4.78. The smallest absolute Gasteiger partial charge is 0.281 e. The first-order valence-electron chi connectivity index (χ1n) is 5.88. The lowest BCUT2D eigenvalue weighted by Gasteiger charge is -2.23. The van der Waals surface area contributed by atoms with E-state index in [2.05, 4.69) is 5.32 Å². The van der Waals surface area contributed by atoms with E-state index in [1.165, 1.54) is 4.31 Å². The third kappa shape index (κ3) is 3.16. The molecule has 1 atom stereocenters. The van der Waals surface area contributed by atoms with E-state index in [0.717, 1.165) is 19.4 Å². The highest BCUT2D eigenvalue weighted by Gasteiger charge is 2.33. The van der Waals surface area contributed by atoms with Gasteiger partial charge in [0.15, 0.2) is 0 Å². The Morgan fingerprint density at radius 1 is 1.50 bits per heavy atom. The van der Waals surface area contributed by atoms with Gasteiger partial charge in [-0.2, -0.15) is 17.0 Å². The summed E-state index contributed by atoms with van der Waals surface area (Å²) in [7, 11) is 0.347. The van der Waals surface area contributed by atoms with E-state index in [1.54, 1.807) is 11.4 Å². The molecule has 0 aromatic carbocycles. The molecule has 0 bridgehead atoms. The number of nitrogens with one attached hydrogen (secondary N) is 1. The Morgan fingerprint density at radius 2 is 2.19 bits per heavy atom. The molecule has 1 saturated heterocycles. The molecule has 1 unspecified atom stereocenters. The second-order valence-electron chi connectivity index (χ2n) is 4.40. The number of nitrogens with zero attached hydrogens (tertiary/aromatic N) is 2. The van der Waals surface area contributed by atoms with Crippen LogP contribution in [0, 0.1) is 5.92 Å². The summed E-state index contributed by atoms with van der Waals surface area (Å²) < 4.78 is 27.3. The maximum atomic E-state index is 12.1. The minimum Gasteiger partial charge on any atom is -0.319 e. The summed E-state index contributed by atoms with van der Waals surface area (Å²) in [6, 6.07) is 0. The normalized spacial score (nSPS) is 23.1. The van der Waals surface area contributed by atoms with Crippen LogP contribution in [0.2, 0.25) is 0 Å². The molecule has 0 aliphatic carbocycles. The van der Waals surface area contributed by atoms with E-state index in [9.17, 15) is 8.42 Å². The Hall–Kier alpha value is -0.170. The minimum atomic E-state index is -3.21. The molecule has 96 valence electrons. The van der Waals surface area contributed by atoms with Gasteiger partial charge in [-0.1, -0.05) is 6.92 Å². The molecular weight excluding hydrogens is 226 g/mol. The standard InChI is InChI=1S/C10H23N3O2S/c1-4-6-12(3)16(14,15)13-7-5-10(9-13)8-11-2/h10-11H,4-9H2,1-3H3. The molecule has 5 nitrogen and oxygen atoms in total. The summed E-state index contributed by atoms with van der Waals surface area (Å²) in [5.41, 5.74) is 0. The molecule has 0 saturated carbocycles. The SMILES string of the molecule is CCCN(C)S(=O)(=O)N1CCC(CNC)C1. The molecule has 0 spiro atoms. The van der Waals surface area contributed by atoms with E-state index in [-0.39, 0.29) is 0 Å². The molecule has 0 radical (unpaired) electrons. The zero-order valence-corrected chi connectivity index (χ0v) is 11.3. The first kappa shape index (κ1) is 13.9. The van der Waals surface area contributed by atoms with Gasteiger partial charge < -0.3 is 5.32 Å². The van der Waals surface area contributed by atoms with Crippen LogP contribution in [-0.4, -0.2) is 57.3 Å². The van der Waals surface area contributed by atoms with Gasteiger partial charge in [0.25, 0.3) is 10.2 Å². The number of rotatable bonds is 6. The van der Waals surface area contributed by atoms with Crippen molar-refractivity contribution in [3.63, 3.8) is 0 Å². The molecule has 1 aliphatic heterocycles. The molecule has 0 aromatic heterocycles. The van der Waals surface area contributed by atoms with Gasteiger partial charge in [-0.05, 0) is 32.4 Å². The quantitative estimate of drug-likeness (QED) is 0.727. The summed E-state index contributed by atoms with van der Waals surface area (Å²) in [5, 5.41) is 3.10. The summed E-state index contributed by atoms with van der Waals surface area (Å²) in [6.07, 6.45) is 1.81. The van der Waals surface area contributed by atoms with Crippen LogP contribution in [-0.2, 0) is 10.2 Å². The van der Waals surface area contributed by atoms with Crippen LogP contribution in [0.4, 0.5) is 0 Å².